The number of benzene rings is 2. The molecule has 0 bridgehead atoms. The number of amides is 1. The first-order valence-electron chi connectivity index (χ1n) is 6.48. The van der Waals surface area contributed by atoms with E-state index < -0.39 is 0 Å². The number of methoxy groups -OCH3 is 2. The third-order valence-electron chi connectivity index (χ3n) is 2.90. The summed E-state index contributed by atoms with van der Waals surface area (Å²) in [4.78, 5) is 12.0. The van der Waals surface area contributed by atoms with E-state index in [4.69, 9.17) is 9.47 Å². The maximum Gasteiger partial charge on any atom is 0.271 e. The van der Waals surface area contributed by atoms with E-state index in [-0.39, 0.29) is 11.7 Å². The zero-order valence-corrected chi connectivity index (χ0v) is 12.2. The lowest BCUT2D eigenvalue weighted by Gasteiger charge is -2.08. The van der Waals surface area contributed by atoms with Crippen molar-refractivity contribution >= 4 is 12.1 Å². The molecule has 2 N–H and O–H groups in total. The van der Waals surface area contributed by atoms with Gasteiger partial charge in [0.1, 0.15) is 5.75 Å². The molecule has 0 unspecified atom stereocenters. The number of ether oxygens (including phenoxy) is 2. The number of carbonyl (C=O) groups is 1. The van der Waals surface area contributed by atoms with Crippen LogP contribution in [0.3, 0.4) is 0 Å². The van der Waals surface area contributed by atoms with Crippen LogP contribution in [0.15, 0.2) is 47.6 Å². The summed E-state index contributed by atoms with van der Waals surface area (Å²) >= 11 is 0. The molecular formula is C16H16N2O4. The molecule has 6 nitrogen and oxygen atoms in total. The number of nitrogens with one attached hydrogen (secondary N) is 1. The van der Waals surface area contributed by atoms with E-state index in [9.17, 15) is 9.90 Å². The summed E-state index contributed by atoms with van der Waals surface area (Å²) in [6, 6.07) is 11.4. The van der Waals surface area contributed by atoms with Gasteiger partial charge in [0, 0.05) is 5.56 Å². The summed E-state index contributed by atoms with van der Waals surface area (Å²) in [5.74, 6) is 0.766. The number of nitrogens with zero attached hydrogens (tertiary/aromatic N) is 1. The molecule has 0 aliphatic carbocycles. The van der Waals surface area contributed by atoms with Crippen LogP contribution in [0, 0.1) is 0 Å². The summed E-state index contributed by atoms with van der Waals surface area (Å²) < 4.78 is 10.3. The Bertz CT molecular complexity index is 698. The smallest absolute Gasteiger partial charge is 0.271 e. The lowest BCUT2D eigenvalue weighted by molar-refractivity contribution is 0.0954. The predicted molar refractivity (Wildman–Crippen MR) is 82.7 cm³/mol. The highest BCUT2D eigenvalue weighted by molar-refractivity contribution is 5.95. The maximum atomic E-state index is 12.0. The topological polar surface area (TPSA) is 80.2 Å². The van der Waals surface area contributed by atoms with E-state index in [0.29, 0.717) is 22.6 Å². The second-order valence-corrected chi connectivity index (χ2v) is 4.36. The van der Waals surface area contributed by atoms with Crippen LogP contribution < -0.4 is 14.9 Å². The Balaban J connectivity index is 2.06. The van der Waals surface area contributed by atoms with Gasteiger partial charge >= 0.3 is 0 Å². The lowest BCUT2D eigenvalue weighted by Crippen LogP contribution is -2.17. The molecule has 0 fully saturated rings. The normalized spacial score (nSPS) is 10.5. The summed E-state index contributed by atoms with van der Waals surface area (Å²) in [7, 11) is 3.02. The Morgan fingerprint density at radius 3 is 2.59 bits per heavy atom. The number of hydrazone groups is 1. The first-order valence-corrected chi connectivity index (χ1v) is 6.48. The van der Waals surface area contributed by atoms with Crippen LogP contribution in [0.5, 0.6) is 17.2 Å². The summed E-state index contributed by atoms with van der Waals surface area (Å²) in [6.07, 6.45) is 1.44. The maximum absolute atomic E-state index is 12.0. The van der Waals surface area contributed by atoms with Gasteiger partial charge in [-0.2, -0.15) is 5.10 Å². The molecule has 6 heteroatoms. The Morgan fingerprint density at radius 1 is 1.14 bits per heavy atom. The van der Waals surface area contributed by atoms with Gasteiger partial charge in [-0.1, -0.05) is 12.1 Å². The lowest BCUT2D eigenvalue weighted by atomic mass is 10.2. The fourth-order valence-corrected chi connectivity index (χ4v) is 1.81. The minimum Gasteiger partial charge on any atom is -0.508 e. The monoisotopic (exact) mass is 300 g/mol. The Hall–Kier alpha value is -3.02. The molecule has 0 atom stereocenters. The molecule has 0 aromatic heterocycles. The van der Waals surface area contributed by atoms with Gasteiger partial charge in [-0.15, -0.1) is 0 Å². The highest BCUT2D eigenvalue weighted by Gasteiger charge is 2.09. The predicted octanol–water partition coefficient (Wildman–Crippen LogP) is 2.17. The van der Waals surface area contributed by atoms with E-state index in [1.807, 2.05) is 0 Å². The van der Waals surface area contributed by atoms with Crippen molar-refractivity contribution in [3.8, 4) is 17.2 Å². The summed E-state index contributed by atoms with van der Waals surface area (Å²) in [6.45, 7) is 0. The van der Waals surface area contributed by atoms with Crippen LogP contribution in [0.2, 0.25) is 0 Å². The van der Waals surface area contributed by atoms with Crippen molar-refractivity contribution < 1.29 is 19.4 Å². The van der Waals surface area contributed by atoms with Crippen LogP contribution in [0.25, 0.3) is 0 Å². The van der Waals surface area contributed by atoms with Crippen molar-refractivity contribution in [1.82, 2.24) is 5.43 Å². The quantitative estimate of drug-likeness (QED) is 0.655. The van der Waals surface area contributed by atoms with Gasteiger partial charge in [0.2, 0.25) is 0 Å². The Morgan fingerprint density at radius 2 is 1.91 bits per heavy atom. The number of rotatable bonds is 5. The van der Waals surface area contributed by atoms with Crippen LogP contribution in [-0.4, -0.2) is 31.4 Å². The first kappa shape index (κ1) is 15.4. The largest absolute Gasteiger partial charge is 0.508 e. The minimum absolute atomic E-state index is 0.134. The number of hydrogen-bond donors (Lipinski definition) is 2. The molecule has 2 aromatic rings. The Labute approximate surface area is 128 Å². The number of phenols is 1. The molecule has 0 radical (unpaired) electrons. The Kier molecular flexibility index (Phi) is 4.98. The highest BCUT2D eigenvalue weighted by Crippen LogP contribution is 2.27. The second kappa shape index (κ2) is 7.12. The van der Waals surface area contributed by atoms with Crippen molar-refractivity contribution in [2.24, 2.45) is 5.10 Å². The standard InChI is InChI=1S/C16H16N2O4/c1-21-14-7-6-12(9-15(14)22-2)16(20)18-17-10-11-4-3-5-13(19)8-11/h3-10,19H,1-2H3,(H,18,20). The van der Waals surface area contributed by atoms with E-state index in [1.165, 1.54) is 26.5 Å². The summed E-state index contributed by atoms with van der Waals surface area (Å²) in [5, 5.41) is 13.2. The number of phenolic OH excluding ortho intramolecular Hbond substituents is 1. The SMILES string of the molecule is COc1ccc(C(=O)NN=Cc2cccc(O)c2)cc1OC. The fourth-order valence-electron chi connectivity index (χ4n) is 1.81. The zero-order valence-electron chi connectivity index (χ0n) is 12.2. The molecule has 0 saturated heterocycles. The number of aromatic hydroxyl groups is 1. The molecule has 2 rings (SSSR count). The van der Waals surface area contributed by atoms with E-state index in [0.717, 1.165) is 0 Å². The first-order chi connectivity index (χ1) is 10.6. The summed E-state index contributed by atoms with van der Waals surface area (Å²) in [5.41, 5.74) is 3.48. The third-order valence-corrected chi connectivity index (χ3v) is 2.90. The molecule has 1 amide bonds. The number of carbonyl (C=O) groups excluding carboxylic acids is 1. The molecule has 0 aliphatic heterocycles. The third kappa shape index (κ3) is 3.76. The van der Waals surface area contributed by atoms with Crippen LogP contribution >= 0.6 is 0 Å². The average molecular weight is 300 g/mol. The van der Waals surface area contributed by atoms with Crippen LogP contribution in [0.1, 0.15) is 15.9 Å². The average Bonchev–Trinajstić information content (AvgIpc) is 2.54. The van der Waals surface area contributed by atoms with Crippen molar-refractivity contribution in [2.45, 2.75) is 0 Å². The van der Waals surface area contributed by atoms with Crippen molar-refractivity contribution in [3.63, 3.8) is 0 Å². The van der Waals surface area contributed by atoms with E-state index in [2.05, 4.69) is 10.5 Å². The van der Waals surface area contributed by atoms with Crippen molar-refractivity contribution in [1.29, 1.82) is 0 Å². The van der Waals surface area contributed by atoms with Gasteiger partial charge < -0.3 is 14.6 Å². The minimum atomic E-state index is -0.377. The van der Waals surface area contributed by atoms with Gasteiger partial charge in [0.05, 0.1) is 20.4 Å². The highest BCUT2D eigenvalue weighted by atomic mass is 16.5. The molecule has 114 valence electrons. The zero-order chi connectivity index (χ0) is 15.9. The molecule has 22 heavy (non-hydrogen) atoms. The second-order valence-electron chi connectivity index (χ2n) is 4.36. The number of hydrogen-bond acceptors (Lipinski definition) is 5. The molecule has 0 heterocycles. The van der Waals surface area contributed by atoms with E-state index in [1.54, 1.807) is 36.4 Å². The molecule has 0 spiro atoms. The van der Waals surface area contributed by atoms with Crippen molar-refractivity contribution in [2.75, 3.05) is 14.2 Å². The fraction of sp³-hybridized carbons (Fsp3) is 0.125. The van der Waals surface area contributed by atoms with Gasteiger partial charge in [0.15, 0.2) is 11.5 Å². The van der Waals surface area contributed by atoms with Gasteiger partial charge in [-0.25, -0.2) is 5.43 Å². The van der Waals surface area contributed by atoms with Gasteiger partial charge in [0.25, 0.3) is 5.91 Å². The van der Waals surface area contributed by atoms with Crippen molar-refractivity contribution in [3.05, 3.63) is 53.6 Å². The molecular weight excluding hydrogens is 284 g/mol. The van der Waals surface area contributed by atoms with Gasteiger partial charge in [-0.05, 0) is 35.9 Å². The molecule has 2 aromatic carbocycles. The van der Waals surface area contributed by atoms with Crippen LogP contribution in [-0.2, 0) is 0 Å². The molecule has 0 aliphatic rings. The van der Waals surface area contributed by atoms with Crippen LogP contribution in [0.4, 0.5) is 0 Å². The van der Waals surface area contributed by atoms with Gasteiger partial charge in [-0.3, -0.25) is 4.79 Å². The van der Waals surface area contributed by atoms with E-state index >= 15 is 0 Å². The molecule has 0 saturated carbocycles.